The third kappa shape index (κ3) is 3.30. The second kappa shape index (κ2) is 8.82. The number of rotatable bonds is 9. The van der Waals surface area contributed by atoms with Gasteiger partial charge in [0.15, 0.2) is 0 Å². The highest BCUT2D eigenvalue weighted by molar-refractivity contribution is 5.98. The number of nitrogens with zero attached hydrogens (tertiary/aromatic N) is 2. The van der Waals surface area contributed by atoms with E-state index in [9.17, 15) is 24.6 Å². The number of likely N-dealkylation sites (tertiary alicyclic amines) is 1. The molecule has 3 heterocycles. The van der Waals surface area contributed by atoms with Crippen LogP contribution in [0.4, 0.5) is 0 Å². The van der Waals surface area contributed by atoms with Crippen LogP contribution in [0.2, 0.25) is 0 Å². The quantitative estimate of drug-likeness (QED) is 0.537. The molecule has 0 saturated carbocycles. The van der Waals surface area contributed by atoms with Crippen LogP contribution in [-0.4, -0.2) is 74.2 Å². The highest BCUT2D eigenvalue weighted by Gasteiger charge is 2.79. The maximum atomic E-state index is 14.2. The molecule has 1 aromatic carbocycles. The monoisotopic (exact) mass is 470 g/mol. The molecule has 184 valence electrons. The van der Waals surface area contributed by atoms with Crippen molar-refractivity contribution in [3.63, 3.8) is 0 Å². The van der Waals surface area contributed by atoms with Crippen LogP contribution < -0.4 is 0 Å². The maximum Gasteiger partial charge on any atom is 0.310 e. The fourth-order valence-electron chi connectivity index (χ4n) is 6.53. The molecule has 6 atom stereocenters. The molecule has 2 N–H and O–H groups in total. The van der Waals surface area contributed by atoms with Crippen molar-refractivity contribution >= 4 is 17.8 Å². The Labute approximate surface area is 200 Å². The predicted octanol–water partition coefficient (Wildman–Crippen LogP) is 2.38. The molecule has 3 saturated heterocycles. The number of aliphatic hydroxyl groups is 1. The molecular formula is C26H34N2O6. The fraction of sp³-hybridized carbons (Fsp3) is 0.577. The van der Waals surface area contributed by atoms with Gasteiger partial charge in [-0.25, -0.2) is 0 Å². The number of carbonyl (C=O) groups is 3. The summed E-state index contributed by atoms with van der Waals surface area (Å²) < 4.78 is 6.57. The third-order valence-electron chi connectivity index (χ3n) is 8.04. The number of carboxylic acid groups (broad SMARTS) is 1. The molecule has 1 spiro atoms. The largest absolute Gasteiger partial charge is 0.481 e. The van der Waals surface area contributed by atoms with Gasteiger partial charge in [-0.15, -0.1) is 6.58 Å². The Hall–Kier alpha value is -2.71. The summed E-state index contributed by atoms with van der Waals surface area (Å²) in [5, 5.41) is 20.6. The summed E-state index contributed by atoms with van der Waals surface area (Å²) in [6.45, 7) is 9.30. The minimum atomic E-state index is -1.25. The summed E-state index contributed by atoms with van der Waals surface area (Å²) in [4.78, 5) is 43.7. The van der Waals surface area contributed by atoms with Crippen molar-refractivity contribution in [2.75, 3.05) is 13.2 Å². The van der Waals surface area contributed by atoms with Crippen LogP contribution in [0.15, 0.2) is 43.0 Å². The average molecular weight is 471 g/mol. The number of fused-ring (bicyclic) bond motifs is 1. The standard InChI is InChI=1S/C26H34N2O6/c1-5-14-27(16(3)4)23(31)21-26-13-12-25(6-2,34-26)20(24(32)33)19(26)22(30)28(21)18(15-29)17-10-8-7-9-11-17/h5,7-11,16,18-21,29H,1,6,12-15H2,2-4H3,(H,32,33)/t18-,19+,20-,21?,25+,26?/m1/s1. The lowest BCUT2D eigenvalue weighted by Crippen LogP contribution is -2.58. The SMILES string of the molecule is C=CCN(C(=O)C1N([C@H](CO)c2ccccc2)C(=O)[C@@H]2[C@H](C(=O)O)[C@]3(CC)CCC12O3)C(C)C. The first-order chi connectivity index (χ1) is 16.2. The van der Waals surface area contributed by atoms with Crippen LogP contribution in [0.25, 0.3) is 0 Å². The van der Waals surface area contributed by atoms with E-state index < -0.39 is 53.6 Å². The van der Waals surface area contributed by atoms with E-state index in [4.69, 9.17) is 4.74 Å². The van der Waals surface area contributed by atoms with Crippen molar-refractivity contribution in [2.45, 2.75) is 69.4 Å². The van der Waals surface area contributed by atoms with Crippen LogP contribution in [-0.2, 0) is 19.1 Å². The molecule has 0 radical (unpaired) electrons. The first-order valence-electron chi connectivity index (χ1n) is 12.0. The topological polar surface area (TPSA) is 107 Å². The number of carboxylic acids is 1. The molecule has 3 fully saturated rings. The zero-order valence-electron chi connectivity index (χ0n) is 20.0. The smallest absolute Gasteiger partial charge is 0.310 e. The number of hydrogen-bond acceptors (Lipinski definition) is 5. The summed E-state index contributed by atoms with van der Waals surface area (Å²) in [6, 6.07) is 7.04. The Bertz CT molecular complexity index is 981. The fourth-order valence-corrected chi connectivity index (χ4v) is 6.53. The molecule has 8 nitrogen and oxygen atoms in total. The van der Waals surface area contributed by atoms with E-state index in [0.29, 0.717) is 24.8 Å². The Morgan fingerprint density at radius 1 is 1.29 bits per heavy atom. The van der Waals surface area contributed by atoms with E-state index in [1.807, 2.05) is 26.8 Å². The van der Waals surface area contributed by atoms with E-state index in [-0.39, 0.29) is 18.5 Å². The molecule has 2 unspecified atom stereocenters. The van der Waals surface area contributed by atoms with Crippen molar-refractivity contribution in [3.05, 3.63) is 48.6 Å². The van der Waals surface area contributed by atoms with Gasteiger partial charge in [0.05, 0.1) is 24.2 Å². The van der Waals surface area contributed by atoms with Crippen molar-refractivity contribution < 1.29 is 29.3 Å². The van der Waals surface area contributed by atoms with Gasteiger partial charge in [0.2, 0.25) is 11.8 Å². The number of carbonyl (C=O) groups excluding carboxylic acids is 2. The zero-order chi connectivity index (χ0) is 24.8. The Morgan fingerprint density at radius 2 is 1.97 bits per heavy atom. The minimum absolute atomic E-state index is 0.170. The highest BCUT2D eigenvalue weighted by Crippen LogP contribution is 2.65. The lowest BCUT2D eigenvalue weighted by atomic mass is 9.65. The first-order valence-corrected chi connectivity index (χ1v) is 12.0. The molecule has 2 bridgehead atoms. The number of benzene rings is 1. The van der Waals surface area contributed by atoms with Gasteiger partial charge in [-0.3, -0.25) is 14.4 Å². The molecule has 0 aromatic heterocycles. The maximum absolute atomic E-state index is 14.2. The van der Waals surface area contributed by atoms with E-state index in [0.717, 1.165) is 0 Å². The molecule has 8 heteroatoms. The Morgan fingerprint density at radius 3 is 2.50 bits per heavy atom. The highest BCUT2D eigenvalue weighted by atomic mass is 16.5. The number of aliphatic hydroxyl groups excluding tert-OH is 1. The van der Waals surface area contributed by atoms with Crippen molar-refractivity contribution in [1.29, 1.82) is 0 Å². The van der Waals surface area contributed by atoms with Gasteiger partial charge in [0, 0.05) is 12.6 Å². The number of aliphatic carboxylic acids is 1. The second-order valence-electron chi connectivity index (χ2n) is 9.90. The lowest BCUT2D eigenvalue weighted by Gasteiger charge is -2.40. The van der Waals surface area contributed by atoms with E-state index in [2.05, 4.69) is 6.58 Å². The molecule has 1 aromatic rings. The van der Waals surface area contributed by atoms with E-state index in [1.165, 1.54) is 4.90 Å². The third-order valence-corrected chi connectivity index (χ3v) is 8.04. The minimum Gasteiger partial charge on any atom is -0.481 e. The molecule has 0 aliphatic carbocycles. The average Bonchev–Trinajstić information content (AvgIpc) is 3.42. The summed E-state index contributed by atoms with van der Waals surface area (Å²) in [5.41, 5.74) is -1.54. The Kier molecular flexibility index (Phi) is 6.33. The van der Waals surface area contributed by atoms with Crippen molar-refractivity contribution in [3.8, 4) is 0 Å². The van der Waals surface area contributed by atoms with Crippen LogP contribution in [0.5, 0.6) is 0 Å². The van der Waals surface area contributed by atoms with Gasteiger partial charge >= 0.3 is 5.97 Å². The van der Waals surface area contributed by atoms with Gasteiger partial charge in [0.1, 0.15) is 17.6 Å². The van der Waals surface area contributed by atoms with Gasteiger partial charge in [-0.1, -0.05) is 43.3 Å². The molecule has 34 heavy (non-hydrogen) atoms. The van der Waals surface area contributed by atoms with Gasteiger partial charge in [0.25, 0.3) is 0 Å². The molecule has 3 aliphatic rings. The van der Waals surface area contributed by atoms with Gasteiger partial charge in [-0.2, -0.15) is 0 Å². The lowest BCUT2D eigenvalue weighted by molar-refractivity contribution is -0.160. The predicted molar refractivity (Wildman–Crippen MR) is 125 cm³/mol. The van der Waals surface area contributed by atoms with E-state index >= 15 is 0 Å². The van der Waals surface area contributed by atoms with Gasteiger partial charge < -0.3 is 24.7 Å². The number of hydrogen-bond donors (Lipinski definition) is 2. The number of amides is 2. The van der Waals surface area contributed by atoms with Crippen LogP contribution in [0.3, 0.4) is 0 Å². The molecular weight excluding hydrogens is 436 g/mol. The van der Waals surface area contributed by atoms with Crippen LogP contribution in [0.1, 0.15) is 51.6 Å². The van der Waals surface area contributed by atoms with E-state index in [1.54, 1.807) is 35.2 Å². The van der Waals surface area contributed by atoms with Crippen molar-refractivity contribution in [2.24, 2.45) is 11.8 Å². The zero-order valence-corrected chi connectivity index (χ0v) is 20.0. The van der Waals surface area contributed by atoms with Gasteiger partial charge in [-0.05, 0) is 38.7 Å². The summed E-state index contributed by atoms with van der Waals surface area (Å²) in [5.74, 6) is -3.85. The van der Waals surface area contributed by atoms with Crippen LogP contribution >= 0.6 is 0 Å². The molecule has 3 aliphatic heterocycles. The number of ether oxygens (including phenoxy) is 1. The van der Waals surface area contributed by atoms with Crippen LogP contribution in [0, 0.1) is 11.8 Å². The normalized spacial score (nSPS) is 32.7. The first kappa shape index (κ1) is 24.4. The molecule has 2 amide bonds. The Balaban J connectivity index is 1.89. The summed E-state index contributed by atoms with van der Waals surface area (Å²) in [7, 11) is 0. The summed E-state index contributed by atoms with van der Waals surface area (Å²) in [6.07, 6.45) is 2.97. The van der Waals surface area contributed by atoms with Crippen molar-refractivity contribution in [1.82, 2.24) is 9.80 Å². The second-order valence-corrected chi connectivity index (χ2v) is 9.90. The molecule has 4 rings (SSSR count). The summed E-state index contributed by atoms with van der Waals surface area (Å²) >= 11 is 0.